The predicted octanol–water partition coefficient (Wildman–Crippen LogP) is 3.14. The minimum Gasteiger partial charge on any atom is -0.258 e. The van der Waals surface area contributed by atoms with Gasteiger partial charge in [0.1, 0.15) is 3.70 Å². The summed E-state index contributed by atoms with van der Waals surface area (Å²) in [5.74, 6) is 0. The van der Waals surface area contributed by atoms with E-state index >= 15 is 0 Å². The summed E-state index contributed by atoms with van der Waals surface area (Å²) >= 11 is 3.26. The van der Waals surface area contributed by atoms with Crippen molar-refractivity contribution in [2.45, 2.75) is 6.43 Å². The van der Waals surface area contributed by atoms with Gasteiger partial charge in [-0.2, -0.15) is 0 Å². The molecule has 0 aromatic carbocycles. The molecule has 0 aliphatic rings. The van der Waals surface area contributed by atoms with Gasteiger partial charge in [-0.25, -0.2) is 13.8 Å². The summed E-state index contributed by atoms with van der Waals surface area (Å²) in [7, 11) is 0. The lowest BCUT2D eigenvalue weighted by atomic mass is 10.3. The highest BCUT2D eigenvalue weighted by Gasteiger charge is 2.21. The van der Waals surface area contributed by atoms with Gasteiger partial charge in [0.2, 0.25) is 0 Å². The number of pyridine rings is 1. The molecule has 0 bridgehead atoms. The van der Waals surface area contributed by atoms with Crippen molar-refractivity contribution < 1.29 is 13.7 Å². The number of nitro groups is 1. The molecular formula is C6H2F2I2N2O2. The molecular weight excluding hydrogens is 424 g/mol. The van der Waals surface area contributed by atoms with Crippen LogP contribution < -0.4 is 0 Å². The van der Waals surface area contributed by atoms with Crippen molar-refractivity contribution in [3.63, 3.8) is 0 Å². The average Bonchev–Trinajstić information content (AvgIpc) is 2.02. The zero-order valence-corrected chi connectivity index (χ0v) is 10.7. The van der Waals surface area contributed by atoms with E-state index in [9.17, 15) is 18.9 Å². The Morgan fingerprint density at radius 2 is 2.00 bits per heavy atom. The summed E-state index contributed by atoms with van der Waals surface area (Å²) in [6.45, 7) is 0. The number of alkyl halides is 2. The molecule has 0 aliphatic carbocycles. The fourth-order valence-electron chi connectivity index (χ4n) is 0.755. The third-order valence-corrected chi connectivity index (χ3v) is 3.03. The number of hydrogen-bond donors (Lipinski definition) is 0. The predicted molar refractivity (Wildman–Crippen MR) is 61.3 cm³/mol. The molecule has 76 valence electrons. The van der Waals surface area contributed by atoms with E-state index in [0.29, 0.717) is 0 Å². The molecule has 8 heteroatoms. The molecule has 0 saturated heterocycles. The first-order valence-corrected chi connectivity index (χ1v) is 5.37. The molecule has 1 aromatic heterocycles. The van der Waals surface area contributed by atoms with Crippen LogP contribution in [0.25, 0.3) is 0 Å². The molecule has 1 heterocycles. The van der Waals surface area contributed by atoms with Gasteiger partial charge < -0.3 is 0 Å². The number of halogens is 4. The number of hydrogen-bond acceptors (Lipinski definition) is 3. The topological polar surface area (TPSA) is 56.0 Å². The summed E-state index contributed by atoms with van der Waals surface area (Å²) in [6, 6.07) is 0.862. The first kappa shape index (κ1) is 11.9. The summed E-state index contributed by atoms with van der Waals surface area (Å²) in [4.78, 5) is 13.4. The second-order valence-electron chi connectivity index (χ2n) is 2.24. The van der Waals surface area contributed by atoms with Crippen LogP contribution in [-0.2, 0) is 0 Å². The van der Waals surface area contributed by atoms with E-state index < -0.39 is 16.9 Å². The third-order valence-electron chi connectivity index (χ3n) is 1.37. The fraction of sp³-hybridized carbons (Fsp3) is 0.167. The van der Waals surface area contributed by atoms with Crippen LogP contribution in [0.1, 0.15) is 12.0 Å². The van der Waals surface area contributed by atoms with Crippen molar-refractivity contribution in [1.82, 2.24) is 4.98 Å². The molecule has 0 radical (unpaired) electrons. The SMILES string of the molecule is O=[N+]([O-])c1cc(C(F)F)c(I)nc1I. The van der Waals surface area contributed by atoms with Crippen molar-refractivity contribution in [1.29, 1.82) is 0 Å². The highest BCUT2D eigenvalue weighted by molar-refractivity contribution is 14.1. The molecule has 0 atom stereocenters. The maximum absolute atomic E-state index is 12.3. The van der Waals surface area contributed by atoms with Crippen molar-refractivity contribution in [3.8, 4) is 0 Å². The van der Waals surface area contributed by atoms with Crippen molar-refractivity contribution in [3.05, 3.63) is 29.1 Å². The minimum atomic E-state index is -2.75. The summed E-state index contributed by atoms with van der Waals surface area (Å²) in [5.41, 5.74) is -0.793. The summed E-state index contributed by atoms with van der Waals surface area (Å²) in [5, 5.41) is 10.4. The molecule has 0 fully saturated rings. The molecule has 0 amide bonds. The normalized spacial score (nSPS) is 10.6. The van der Waals surface area contributed by atoms with Gasteiger partial charge in [0.25, 0.3) is 6.43 Å². The van der Waals surface area contributed by atoms with E-state index in [2.05, 4.69) is 4.98 Å². The Hall–Kier alpha value is -0.130. The summed E-state index contributed by atoms with van der Waals surface area (Å²) in [6.07, 6.45) is -2.75. The smallest absolute Gasteiger partial charge is 0.258 e. The third kappa shape index (κ3) is 2.46. The number of aromatic nitrogens is 1. The maximum atomic E-state index is 12.3. The maximum Gasteiger partial charge on any atom is 0.301 e. The van der Waals surface area contributed by atoms with Gasteiger partial charge in [0.15, 0.2) is 3.70 Å². The molecule has 0 unspecified atom stereocenters. The van der Waals surface area contributed by atoms with E-state index in [0.717, 1.165) is 6.07 Å². The molecule has 0 aliphatic heterocycles. The molecule has 0 N–H and O–H groups in total. The molecule has 0 spiro atoms. The molecule has 14 heavy (non-hydrogen) atoms. The second-order valence-corrected chi connectivity index (χ2v) is 4.28. The van der Waals surface area contributed by atoms with Crippen molar-refractivity contribution in [2.75, 3.05) is 0 Å². The number of rotatable bonds is 2. The molecule has 1 aromatic rings. The van der Waals surface area contributed by atoms with Crippen LogP contribution in [0, 0.1) is 17.5 Å². The van der Waals surface area contributed by atoms with E-state index in [-0.39, 0.29) is 13.1 Å². The Morgan fingerprint density at radius 3 is 2.43 bits per heavy atom. The zero-order valence-electron chi connectivity index (χ0n) is 6.38. The quantitative estimate of drug-likeness (QED) is 0.316. The van der Waals surface area contributed by atoms with Gasteiger partial charge in [-0.15, -0.1) is 0 Å². The largest absolute Gasteiger partial charge is 0.301 e. The van der Waals surface area contributed by atoms with E-state index in [1.807, 2.05) is 0 Å². The Balaban J connectivity index is 3.34. The Kier molecular flexibility index (Phi) is 3.92. The van der Waals surface area contributed by atoms with Gasteiger partial charge in [-0.3, -0.25) is 10.1 Å². The van der Waals surface area contributed by atoms with Crippen LogP contribution in [0.5, 0.6) is 0 Å². The standard InChI is InChI=1S/C6H2F2I2N2O2/c7-4(8)2-1-3(12(13)14)6(10)11-5(2)9/h1,4H. The van der Waals surface area contributed by atoms with Gasteiger partial charge in [-0.1, -0.05) is 0 Å². The average molecular weight is 426 g/mol. The van der Waals surface area contributed by atoms with Crippen LogP contribution in [0.2, 0.25) is 0 Å². The van der Waals surface area contributed by atoms with Gasteiger partial charge in [0, 0.05) is 6.07 Å². The van der Waals surface area contributed by atoms with E-state index in [1.165, 1.54) is 0 Å². The van der Waals surface area contributed by atoms with Crippen molar-refractivity contribution >= 4 is 50.9 Å². The van der Waals surface area contributed by atoms with Gasteiger partial charge in [0.05, 0.1) is 10.5 Å². The van der Waals surface area contributed by atoms with Gasteiger partial charge >= 0.3 is 5.69 Å². The summed E-state index contributed by atoms with van der Waals surface area (Å²) < 4.78 is 24.9. The van der Waals surface area contributed by atoms with E-state index in [1.54, 1.807) is 45.2 Å². The minimum absolute atomic E-state index is 0.0904. The molecule has 1 rings (SSSR count). The highest BCUT2D eigenvalue weighted by Crippen LogP contribution is 2.29. The Morgan fingerprint density at radius 1 is 1.43 bits per heavy atom. The molecule has 0 saturated carbocycles. The Labute approximate surface area is 105 Å². The monoisotopic (exact) mass is 426 g/mol. The Bertz CT molecular complexity index is 386. The lowest BCUT2D eigenvalue weighted by Gasteiger charge is -2.03. The van der Waals surface area contributed by atoms with E-state index in [4.69, 9.17) is 0 Å². The van der Waals surface area contributed by atoms with Crippen LogP contribution in [0.15, 0.2) is 6.07 Å². The highest BCUT2D eigenvalue weighted by atomic mass is 127. The van der Waals surface area contributed by atoms with Crippen molar-refractivity contribution in [2.24, 2.45) is 0 Å². The number of nitrogens with zero attached hydrogens (tertiary/aromatic N) is 2. The second kappa shape index (κ2) is 4.59. The van der Waals surface area contributed by atoms with Crippen LogP contribution >= 0.6 is 45.2 Å². The molecule has 4 nitrogen and oxygen atoms in total. The lowest BCUT2D eigenvalue weighted by Crippen LogP contribution is -2.00. The first-order valence-electron chi connectivity index (χ1n) is 3.22. The van der Waals surface area contributed by atoms with Gasteiger partial charge in [-0.05, 0) is 45.2 Å². The zero-order chi connectivity index (χ0) is 10.9. The lowest BCUT2D eigenvalue weighted by molar-refractivity contribution is -0.386. The van der Waals surface area contributed by atoms with Crippen LogP contribution in [-0.4, -0.2) is 9.91 Å². The fourth-order valence-corrected chi connectivity index (χ4v) is 2.44. The van der Waals surface area contributed by atoms with Crippen LogP contribution in [0.3, 0.4) is 0 Å². The van der Waals surface area contributed by atoms with Crippen LogP contribution in [0.4, 0.5) is 14.5 Å². The first-order chi connectivity index (χ1) is 6.43.